The Morgan fingerprint density at radius 3 is 2.53 bits per heavy atom. The third-order valence-electron chi connectivity index (χ3n) is 2.60. The molecule has 88 valence electrons. The second-order valence-corrected chi connectivity index (χ2v) is 3.94. The fourth-order valence-corrected chi connectivity index (χ4v) is 1.69. The van der Waals surface area contributed by atoms with Crippen molar-refractivity contribution in [1.82, 2.24) is 9.97 Å². The van der Waals surface area contributed by atoms with Crippen molar-refractivity contribution in [1.29, 1.82) is 0 Å². The molecule has 4 heteroatoms. The van der Waals surface area contributed by atoms with E-state index < -0.39 is 0 Å². The van der Waals surface area contributed by atoms with Gasteiger partial charge in [0.05, 0.1) is 0 Å². The number of anilines is 3. The lowest BCUT2D eigenvalue weighted by Crippen LogP contribution is -2.02. The minimum Gasteiger partial charge on any atom is -0.373 e. The zero-order chi connectivity index (χ0) is 12.3. The number of nitrogens with one attached hydrogen (secondary N) is 2. The predicted octanol–water partition coefficient (Wildman–Crippen LogP) is 2.88. The second kappa shape index (κ2) is 4.82. The van der Waals surface area contributed by atoms with E-state index in [0.717, 1.165) is 22.9 Å². The molecule has 0 saturated carbocycles. The van der Waals surface area contributed by atoms with Crippen LogP contribution in [0.25, 0.3) is 0 Å². The van der Waals surface area contributed by atoms with Crippen molar-refractivity contribution in [3.05, 3.63) is 41.7 Å². The largest absolute Gasteiger partial charge is 0.373 e. The number of rotatable bonds is 3. The van der Waals surface area contributed by atoms with Gasteiger partial charge in [-0.3, -0.25) is 0 Å². The van der Waals surface area contributed by atoms with Gasteiger partial charge in [-0.1, -0.05) is 12.1 Å². The molecule has 2 rings (SSSR count). The van der Waals surface area contributed by atoms with Gasteiger partial charge < -0.3 is 10.6 Å². The Kier molecular flexibility index (Phi) is 3.23. The van der Waals surface area contributed by atoms with Crippen LogP contribution in [-0.2, 0) is 0 Å². The average Bonchev–Trinajstić information content (AvgIpc) is 2.32. The average molecular weight is 228 g/mol. The maximum atomic E-state index is 4.25. The van der Waals surface area contributed by atoms with Gasteiger partial charge in [0.1, 0.15) is 18.0 Å². The normalized spacial score (nSPS) is 10.1. The second-order valence-electron chi connectivity index (χ2n) is 3.94. The van der Waals surface area contributed by atoms with Crippen molar-refractivity contribution in [2.24, 2.45) is 0 Å². The standard InChI is InChI=1S/C13H16N4/c1-9-5-4-6-11(7-9)17-13-10(2)12(14-3)15-8-16-13/h4-8H,1-3H3,(H2,14,15,16,17). The number of aromatic nitrogens is 2. The highest BCUT2D eigenvalue weighted by Crippen LogP contribution is 2.22. The zero-order valence-corrected chi connectivity index (χ0v) is 10.3. The first kappa shape index (κ1) is 11.4. The summed E-state index contributed by atoms with van der Waals surface area (Å²) in [4.78, 5) is 8.40. The first-order valence-corrected chi connectivity index (χ1v) is 5.53. The predicted molar refractivity (Wildman–Crippen MR) is 70.8 cm³/mol. The molecule has 0 unspecified atom stereocenters. The Morgan fingerprint density at radius 2 is 1.82 bits per heavy atom. The van der Waals surface area contributed by atoms with E-state index in [4.69, 9.17) is 0 Å². The van der Waals surface area contributed by atoms with E-state index >= 15 is 0 Å². The summed E-state index contributed by atoms with van der Waals surface area (Å²) in [6.07, 6.45) is 1.55. The molecule has 0 fully saturated rings. The molecular weight excluding hydrogens is 212 g/mol. The topological polar surface area (TPSA) is 49.8 Å². The summed E-state index contributed by atoms with van der Waals surface area (Å²) in [5.74, 6) is 1.67. The van der Waals surface area contributed by atoms with Crippen LogP contribution in [0.1, 0.15) is 11.1 Å². The van der Waals surface area contributed by atoms with Gasteiger partial charge in [-0.05, 0) is 31.5 Å². The molecule has 0 atom stereocenters. The molecule has 4 nitrogen and oxygen atoms in total. The lowest BCUT2D eigenvalue weighted by molar-refractivity contribution is 1.12. The van der Waals surface area contributed by atoms with Gasteiger partial charge in [0.25, 0.3) is 0 Å². The Bertz CT molecular complexity index is 523. The summed E-state index contributed by atoms with van der Waals surface area (Å²) in [5, 5.41) is 6.34. The third kappa shape index (κ3) is 2.53. The van der Waals surface area contributed by atoms with Crippen LogP contribution in [0, 0.1) is 13.8 Å². The summed E-state index contributed by atoms with van der Waals surface area (Å²) in [7, 11) is 1.85. The number of benzene rings is 1. The number of nitrogens with zero attached hydrogens (tertiary/aromatic N) is 2. The summed E-state index contributed by atoms with van der Waals surface area (Å²) < 4.78 is 0. The van der Waals surface area contributed by atoms with Gasteiger partial charge in [0.2, 0.25) is 0 Å². The third-order valence-corrected chi connectivity index (χ3v) is 2.60. The zero-order valence-electron chi connectivity index (χ0n) is 10.3. The highest BCUT2D eigenvalue weighted by molar-refractivity contribution is 5.64. The van der Waals surface area contributed by atoms with Crippen molar-refractivity contribution in [2.75, 3.05) is 17.7 Å². The SMILES string of the molecule is CNc1ncnc(Nc2cccc(C)c2)c1C. The fraction of sp³-hybridized carbons (Fsp3) is 0.231. The Labute approximate surface area is 101 Å². The van der Waals surface area contributed by atoms with Gasteiger partial charge in [-0.15, -0.1) is 0 Å². The summed E-state index contributed by atoms with van der Waals surface area (Å²) >= 11 is 0. The number of aryl methyl sites for hydroxylation is 1. The molecule has 0 radical (unpaired) electrons. The Hall–Kier alpha value is -2.10. The molecule has 0 saturated heterocycles. The van der Waals surface area contributed by atoms with Crippen molar-refractivity contribution >= 4 is 17.3 Å². The van der Waals surface area contributed by atoms with E-state index in [1.54, 1.807) is 6.33 Å². The molecule has 0 aliphatic carbocycles. The van der Waals surface area contributed by atoms with Crippen LogP contribution in [0.15, 0.2) is 30.6 Å². The maximum absolute atomic E-state index is 4.25. The van der Waals surface area contributed by atoms with Crippen LogP contribution in [0.5, 0.6) is 0 Å². The molecule has 2 aromatic rings. The van der Waals surface area contributed by atoms with Gasteiger partial charge >= 0.3 is 0 Å². The molecule has 0 amide bonds. The first-order valence-electron chi connectivity index (χ1n) is 5.53. The summed E-state index contributed by atoms with van der Waals surface area (Å²) in [6.45, 7) is 4.06. The van der Waals surface area contributed by atoms with Crippen LogP contribution < -0.4 is 10.6 Å². The van der Waals surface area contributed by atoms with E-state index in [9.17, 15) is 0 Å². The quantitative estimate of drug-likeness (QED) is 0.848. The monoisotopic (exact) mass is 228 g/mol. The van der Waals surface area contributed by atoms with Crippen molar-refractivity contribution in [3.63, 3.8) is 0 Å². The molecule has 17 heavy (non-hydrogen) atoms. The molecular formula is C13H16N4. The number of hydrogen-bond donors (Lipinski definition) is 2. The summed E-state index contributed by atoms with van der Waals surface area (Å²) in [6, 6.07) is 8.19. The molecule has 0 aliphatic rings. The van der Waals surface area contributed by atoms with Crippen LogP contribution in [0.4, 0.5) is 17.3 Å². The molecule has 2 N–H and O–H groups in total. The van der Waals surface area contributed by atoms with E-state index in [1.165, 1.54) is 5.56 Å². The minimum atomic E-state index is 0.829. The van der Waals surface area contributed by atoms with Crippen molar-refractivity contribution < 1.29 is 0 Å². The molecule has 0 spiro atoms. The van der Waals surface area contributed by atoms with E-state index in [1.807, 2.05) is 26.1 Å². The number of hydrogen-bond acceptors (Lipinski definition) is 4. The minimum absolute atomic E-state index is 0.829. The molecule has 0 aliphatic heterocycles. The molecule has 1 aromatic carbocycles. The van der Waals surface area contributed by atoms with Crippen LogP contribution in [0.2, 0.25) is 0 Å². The molecule has 1 heterocycles. The van der Waals surface area contributed by atoms with Gasteiger partial charge in [0.15, 0.2) is 0 Å². The van der Waals surface area contributed by atoms with Crippen LogP contribution in [0.3, 0.4) is 0 Å². The smallest absolute Gasteiger partial charge is 0.138 e. The molecule has 1 aromatic heterocycles. The van der Waals surface area contributed by atoms with Gasteiger partial charge in [-0.2, -0.15) is 0 Å². The summed E-state index contributed by atoms with van der Waals surface area (Å²) in [5.41, 5.74) is 3.26. The highest BCUT2D eigenvalue weighted by atomic mass is 15.1. The first-order chi connectivity index (χ1) is 8.20. The fourth-order valence-electron chi connectivity index (χ4n) is 1.69. The van der Waals surface area contributed by atoms with Gasteiger partial charge in [0, 0.05) is 18.3 Å². The van der Waals surface area contributed by atoms with Crippen LogP contribution >= 0.6 is 0 Å². The van der Waals surface area contributed by atoms with E-state index in [2.05, 4.69) is 39.7 Å². The van der Waals surface area contributed by atoms with Crippen molar-refractivity contribution in [2.45, 2.75) is 13.8 Å². The Morgan fingerprint density at radius 1 is 1.06 bits per heavy atom. The molecule has 0 bridgehead atoms. The maximum Gasteiger partial charge on any atom is 0.138 e. The van der Waals surface area contributed by atoms with E-state index in [-0.39, 0.29) is 0 Å². The van der Waals surface area contributed by atoms with Crippen LogP contribution in [-0.4, -0.2) is 17.0 Å². The Balaban J connectivity index is 2.30. The van der Waals surface area contributed by atoms with E-state index in [0.29, 0.717) is 0 Å². The highest BCUT2D eigenvalue weighted by Gasteiger charge is 2.05. The lowest BCUT2D eigenvalue weighted by Gasteiger charge is -2.11. The lowest BCUT2D eigenvalue weighted by atomic mass is 10.2. The van der Waals surface area contributed by atoms with Crippen molar-refractivity contribution in [3.8, 4) is 0 Å². The van der Waals surface area contributed by atoms with Gasteiger partial charge in [-0.25, -0.2) is 9.97 Å².